The SMILES string of the molecule is CN(C)CCCC1c2ccccc2-c2ccccc2CS1(=O)=O.O=C(O)/C=C\C(=O)O. The van der Waals surface area contributed by atoms with Gasteiger partial charge in [0, 0.05) is 12.2 Å². The van der Waals surface area contributed by atoms with Gasteiger partial charge in [-0.15, -0.1) is 0 Å². The molecule has 1 unspecified atom stereocenters. The first-order valence-corrected chi connectivity index (χ1v) is 11.5. The molecular formula is C23H27NO6S. The fraction of sp³-hybridized carbons (Fsp3) is 0.304. The van der Waals surface area contributed by atoms with Gasteiger partial charge >= 0.3 is 11.9 Å². The van der Waals surface area contributed by atoms with E-state index in [0.29, 0.717) is 18.6 Å². The molecule has 2 aromatic rings. The lowest BCUT2D eigenvalue weighted by Crippen LogP contribution is -2.18. The molecule has 2 N–H and O–H groups in total. The van der Waals surface area contributed by atoms with Crippen molar-refractivity contribution in [3.63, 3.8) is 0 Å². The first-order valence-electron chi connectivity index (χ1n) is 9.79. The molecule has 31 heavy (non-hydrogen) atoms. The summed E-state index contributed by atoms with van der Waals surface area (Å²) in [5.74, 6) is -2.38. The smallest absolute Gasteiger partial charge is 0.328 e. The van der Waals surface area contributed by atoms with Crippen molar-refractivity contribution in [2.45, 2.75) is 23.8 Å². The first-order chi connectivity index (χ1) is 14.6. The minimum atomic E-state index is -3.20. The highest BCUT2D eigenvalue weighted by Crippen LogP contribution is 2.41. The molecule has 7 nitrogen and oxygen atoms in total. The molecule has 166 valence electrons. The van der Waals surface area contributed by atoms with Crippen molar-refractivity contribution in [2.75, 3.05) is 20.6 Å². The minimum Gasteiger partial charge on any atom is -0.478 e. The molecule has 0 saturated carbocycles. The Morgan fingerprint density at radius 2 is 1.52 bits per heavy atom. The summed E-state index contributed by atoms with van der Waals surface area (Å²) in [5.41, 5.74) is 3.99. The number of carbonyl (C=O) groups is 2. The molecule has 0 radical (unpaired) electrons. The predicted octanol–water partition coefficient (Wildman–Crippen LogP) is 3.38. The van der Waals surface area contributed by atoms with E-state index in [1.54, 1.807) is 0 Å². The van der Waals surface area contributed by atoms with Gasteiger partial charge in [0.05, 0.1) is 11.0 Å². The van der Waals surface area contributed by atoms with E-state index in [-0.39, 0.29) is 5.75 Å². The predicted molar refractivity (Wildman–Crippen MR) is 119 cm³/mol. The number of sulfone groups is 1. The maximum absolute atomic E-state index is 13.0. The largest absolute Gasteiger partial charge is 0.478 e. The fourth-order valence-corrected chi connectivity index (χ4v) is 5.52. The van der Waals surface area contributed by atoms with E-state index in [2.05, 4.69) is 4.90 Å². The average molecular weight is 446 g/mol. The third-order valence-corrected chi connectivity index (χ3v) is 6.92. The second-order valence-corrected chi connectivity index (χ2v) is 9.68. The van der Waals surface area contributed by atoms with Gasteiger partial charge < -0.3 is 15.1 Å². The van der Waals surface area contributed by atoms with E-state index < -0.39 is 27.0 Å². The molecule has 0 fully saturated rings. The number of hydrogen-bond donors (Lipinski definition) is 2. The van der Waals surface area contributed by atoms with Crippen LogP contribution in [0.15, 0.2) is 60.7 Å². The highest BCUT2D eigenvalue weighted by atomic mass is 32.2. The summed E-state index contributed by atoms with van der Waals surface area (Å²) in [6.45, 7) is 0.904. The fourth-order valence-electron chi connectivity index (χ4n) is 3.51. The molecule has 0 aromatic heterocycles. The van der Waals surface area contributed by atoms with Crippen molar-refractivity contribution in [1.29, 1.82) is 0 Å². The number of carboxylic acid groups (broad SMARTS) is 2. The highest BCUT2D eigenvalue weighted by Gasteiger charge is 2.33. The number of rotatable bonds is 6. The molecule has 8 heteroatoms. The maximum atomic E-state index is 13.0. The van der Waals surface area contributed by atoms with Crippen molar-refractivity contribution in [2.24, 2.45) is 0 Å². The van der Waals surface area contributed by atoms with Crippen LogP contribution in [0.4, 0.5) is 0 Å². The van der Waals surface area contributed by atoms with Gasteiger partial charge in [-0.25, -0.2) is 18.0 Å². The monoisotopic (exact) mass is 445 g/mol. The Kier molecular flexibility index (Phi) is 8.53. The van der Waals surface area contributed by atoms with Crippen LogP contribution in [0.2, 0.25) is 0 Å². The molecule has 0 spiro atoms. The van der Waals surface area contributed by atoms with Crippen LogP contribution < -0.4 is 0 Å². The molecule has 0 amide bonds. The van der Waals surface area contributed by atoms with Crippen LogP contribution in [0.3, 0.4) is 0 Å². The quantitative estimate of drug-likeness (QED) is 0.656. The van der Waals surface area contributed by atoms with Crippen molar-refractivity contribution in [1.82, 2.24) is 4.90 Å². The summed E-state index contributed by atoms with van der Waals surface area (Å²) in [4.78, 5) is 21.2. The zero-order valence-corrected chi connectivity index (χ0v) is 18.4. The number of hydrogen-bond acceptors (Lipinski definition) is 5. The van der Waals surface area contributed by atoms with Crippen molar-refractivity contribution in [3.05, 3.63) is 71.8 Å². The molecule has 1 aliphatic rings. The van der Waals surface area contributed by atoms with Gasteiger partial charge in [-0.3, -0.25) is 0 Å². The number of nitrogens with zero attached hydrogens (tertiary/aromatic N) is 1. The van der Waals surface area contributed by atoms with Gasteiger partial charge in [0.15, 0.2) is 9.84 Å². The molecule has 2 aromatic carbocycles. The van der Waals surface area contributed by atoms with Crippen LogP contribution >= 0.6 is 0 Å². The van der Waals surface area contributed by atoms with E-state index in [0.717, 1.165) is 35.2 Å². The van der Waals surface area contributed by atoms with Gasteiger partial charge in [-0.1, -0.05) is 48.5 Å². The normalized spacial score (nSPS) is 16.5. The van der Waals surface area contributed by atoms with Crippen molar-refractivity contribution < 1.29 is 28.2 Å². The summed E-state index contributed by atoms with van der Waals surface area (Å²) in [5, 5.41) is 15.2. The minimum absolute atomic E-state index is 0.129. The van der Waals surface area contributed by atoms with Gasteiger partial charge in [-0.2, -0.15) is 0 Å². The van der Waals surface area contributed by atoms with Crippen molar-refractivity contribution in [3.8, 4) is 11.1 Å². The zero-order valence-electron chi connectivity index (χ0n) is 17.6. The summed E-state index contributed by atoms with van der Waals surface area (Å²) >= 11 is 0. The topological polar surface area (TPSA) is 112 Å². The van der Waals surface area contributed by atoms with Gasteiger partial charge in [0.1, 0.15) is 0 Å². The first kappa shape index (κ1) is 24.3. The lowest BCUT2D eigenvalue weighted by Gasteiger charge is -2.19. The molecule has 3 rings (SSSR count). The van der Waals surface area contributed by atoms with Crippen LogP contribution in [0.5, 0.6) is 0 Å². The van der Waals surface area contributed by atoms with Crippen molar-refractivity contribution >= 4 is 21.8 Å². The Morgan fingerprint density at radius 1 is 0.968 bits per heavy atom. The molecule has 1 atom stereocenters. The molecule has 0 aliphatic carbocycles. The van der Waals surface area contributed by atoms with E-state index in [1.165, 1.54) is 0 Å². The molecule has 1 heterocycles. The Labute approximate surface area is 182 Å². The number of carboxylic acids is 2. The van der Waals surface area contributed by atoms with E-state index in [4.69, 9.17) is 10.2 Å². The average Bonchev–Trinajstić information content (AvgIpc) is 2.79. The summed E-state index contributed by atoms with van der Waals surface area (Å²) in [6, 6.07) is 15.8. The maximum Gasteiger partial charge on any atom is 0.328 e. The Balaban J connectivity index is 0.000000366. The van der Waals surface area contributed by atoms with Crippen LogP contribution in [-0.2, 0) is 25.2 Å². The summed E-state index contributed by atoms with van der Waals surface area (Å²) in [7, 11) is 0.835. The number of fused-ring (bicyclic) bond motifs is 3. The lowest BCUT2D eigenvalue weighted by atomic mass is 9.93. The molecule has 0 saturated heterocycles. The highest BCUT2D eigenvalue weighted by molar-refractivity contribution is 7.90. The third-order valence-electron chi connectivity index (χ3n) is 4.85. The van der Waals surface area contributed by atoms with Crippen LogP contribution in [0, 0.1) is 0 Å². The molecule has 0 bridgehead atoms. The third kappa shape index (κ3) is 7.04. The number of aliphatic carboxylic acids is 2. The van der Waals surface area contributed by atoms with E-state index >= 15 is 0 Å². The number of benzene rings is 2. The second-order valence-electron chi connectivity index (χ2n) is 7.50. The Morgan fingerprint density at radius 3 is 2.10 bits per heavy atom. The molecule has 1 aliphatic heterocycles. The lowest BCUT2D eigenvalue weighted by molar-refractivity contribution is -0.134. The van der Waals surface area contributed by atoms with Crippen LogP contribution in [-0.4, -0.2) is 56.1 Å². The Bertz CT molecular complexity index is 1040. The summed E-state index contributed by atoms with van der Waals surface area (Å²) < 4.78 is 26.0. The van der Waals surface area contributed by atoms with Crippen LogP contribution in [0.1, 0.15) is 29.2 Å². The van der Waals surface area contributed by atoms with E-state index in [1.807, 2.05) is 62.6 Å². The van der Waals surface area contributed by atoms with Gasteiger partial charge in [0.25, 0.3) is 0 Å². The van der Waals surface area contributed by atoms with Crippen LogP contribution in [0.25, 0.3) is 11.1 Å². The van der Waals surface area contributed by atoms with Gasteiger partial charge in [-0.05, 0) is 55.7 Å². The van der Waals surface area contributed by atoms with Gasteiger partial charge in [0.2, 0.25) is 0 Å². The van der Waals surface area contributed by atoms with E-state index in [9.17, 15) is 18.0 Å². The Hall–Kier alpha value is -2.97. The second kappa shape index (κ2) is 10.9. The standard InChI is InChI=1S/C19H23NO2S.C4H4O4/c1-20(2)13-7-12-19-18-11-6-5-10-17(18)16-9-4-3-8-15(16)14-23(19,21)22;5-3(6)1-2-4(7)8/h3-6,8-11,19H,7,12-14H2,1-2H3;1-2H,(H,5,6)(H,7,8)/b;2-1-. The summed E-state index contributed by atoms with van der Waals surface area (Å²) in [6.07, 6.45) is 2.66. The molecular weight excluding hydrogens is 418 g/mol. The zero-order chi connectivity index (χ0) is 23.0.